The second-order valence-electron chi connectivity index (χ2n) is 2.59. The summed E-state index contributed by atoms with van der Waals surface area (Å²) >= 11 is 1.43. The Bertz CT molecular complexity index is 350. The molecule has 0 aliphatic carbocycles. The largest absolute Gasteiger partial charge is 0.304 e. The van der Waals surface area contributed by atoms with Gasteiger partial charge in [-0.05, 0) is 12.1 Å². The summed E-state index contributed by atoms with van der Waals surface area (Å²) in [5, 5.41) is 3.37. The van der Waals surface area contributed by atoms with Crippen LogP contribution in [0.25, 0.3) is 0 Å². The minimum atomic E-state index is 0.0275. The molecule has 0 bridgehead atoms. The van der Waals surface area contributed by atoms with Gasteiger partial charge in [-0.2, -0.15) is 0 Å². The summed E-state index contributed by atoms with van der Waals surface area (Å²) in [6.07, 6.45) is 0. The van der Waals surface area contributed by atoms with Gasteiger partial charge < -0.3 is 5.32 Å². The van der Waals surface area contributed by atoms with Crippen LogP contribution in [0.2, 0.25) is 0 Å². The van der Waals surface area contributed by atoms with E-state index >= 15 is 0 Å². The molecule has 1 aromatic carbocycles. The van der Waals surface area contributed by atoms with Gasteiger partial charge >= 0.3 is 0 Å². The molecule has 94 valence electrons. The molecule has 0 saturated carbocycles. The molecule has 1 aromatic rings. The van der Waals surface area contributed by atoms with Gasteiger partial charge in [-0.25, -0.2) is 4.99 Å². The van der Waals surface area contributed by atoms with E-state index in [-0.39, 0.29) is 5.91 Å². The number of carbonyl (C=O) groups excluding carboxylic acids is 1. The molecule has 2 rings (SSSR count). The number of nitrogens with one attached hydrogen (secondary N) is 1. The van der Waals surface area contributed by atoms with Gasteiger partial charge in [0.1, 0.15) is 0 Å². The van der Waals surface area contributed by atoms with E-state index in [4.69, 9.17) is 0 Å². The lowest BCUT2D eigenvalue weighted by molar-refractivity contribution is -0.116. The molecule has 1 aliphatic rings. The molecular formula is C13H20N2OS. The number of nitrogens with zero attached hydrogens (tertiary/aromatic N) is 1. The first-order valence-corrected chi connectivity index (χ1v) is 6.89. The van der Waals surface area contributed by atoms with Crippen LogP contribution in [0.15, 0.2) is 35.3 Å². The maximum Gasteiger partial charge on any atom is 0.236 e. The Morgan fingerprint density at radius 3 is 2.18 bits per heavy atom. The molecule has 0 radical (unpaired) electrons. The van der Waals surface area contributed by atoms with Gasteiger partial charge in [0.25, 0.3) is 0 Å². The summed E-state index contributed by atoms with van der Waals surface area (Å²) in [6.45, 7) is 8.00. The van der Waals surface area contributed by atoms with E-state index in [9.17, 15) is 4.79 Å². The molecule has 0 unspecified atom stereocenters. The first-order chi connectivity index (χ1) is 8.34. The Hall–Kier alpha value is -1.29. The highest BCUT2D eigenvalue weighted by Crippen LogP contribution is 2.16. The standard InChI is InChI=1S/C9H8N2OS.2C2H6/c12-8-6-13-9(11-8)10-7-4-2-1-3-5-7;2*1-2/h1-5H,6H2,(H,10,11,12);2*1-2H3. The van der Waals surface area contributed by atoms with E-state index in [1.165, 1.54) is 11.8 Å². The number of para-hydroxylation sites is 1. The van der Waals surface area contributed by atoms with Gasteiger partial charge in [0.05, 0.1) is 11.4 Å². The highest BCUT2D eigenvalue weighted by atomic mass is 32.2. The predicted octanol–water partition coefficient (Wildman–Crippen LogP) is 3.59. The minimum Gasteiger partial charge on any atom is -0.304 e. The Kier molecular flexibility index (Phi) is 9.15. The monoisotopic (exact) mass is 252 g/mol. The van der Waals surface area contributed by atoms with Gasteiger partial charge in [-0.3, -0.25) is 4.79 Å². The third-order valence-electron chi connectivity index (χ3n) is 1.57. The van der Waals surface area contributed by atoms with Gasteiger partial charge in [0.15, 0.2) is 5.17 Å². The summed E-state index contributed by atoms with van der Waals surface area (Å²) in [4.78, 5) is 15.1. The number of benzene rings is 1. The van der Waals surface area contributed by atoms with E-state index < -0.39 is 0 Å². The summed E-state index contributed by atoms with van der Waals surface area (Å²) < 4.78 is 0. The molecule has 3 nitrogen and oxygen atoms in total. The summed E-state index contributed by atoms with van der Waals surface area (Å²) in [5.41, 5.74) is 0.868. The molecule has 0 spiro atoms. The van der Waals surface area contributed by atoms with Crippen LogP contribution in [0.3, 0.4) is 0 Å². The van der Waals surface area contributed by atoms with Crippen LogP contribution in [-0.4, -0.2) is 16.8 Å². The van der Waals surface area contributed by atoms with E-state index in [0.717, 1.165) is 5.69 Å². The van der Waals surface area contributed by atoms with E-state index in [2.05, 4.69) is 10.3 Å². The number of amidine groups is 1. The Labute approximate surface area is 108 Å². The summed E-state index contributed by atoms with van der Waals surface area (Å²) in [7, 11) is 0. The average molecular weight is 252 g/mol. The van der Waals surface area contributed by atoms with Crippen molar-refractivity contribution in [2.45, 2.75) is 27.7 Å². The fraction of sp³-hybridized carbons (Fsp3) is 0.385. The molecule has 1 N–H and O–H groups in total. The zero-order valence-electron chi connectivity index (χ0n) is 10.9. The fourth-order valence-corrected chi connectivity index (χ4v) is 1.70. The SMILES string of the molecule is CC.CC.O=C1CSC(=Nc2ccccc2)N1. The number of rotatable bonds is 1. The van der Waals surface area contributed by atoms with Crippen LogP contribution >= 0.6 is 11.8 Å². The molecular weight excluding hydrogens is 232 g/mol. The second kappa shape index (κ2) is 9.90. The molecule has 1 saturated heterocycles. The van der Waals surface area contributed by atoms with Crippen LogP contribution in [0.1, 0.15) is 27.7 Å². The quantitative estimate of drug-likeness (QED) is 0.830. The average Bonchev–Trinajstić information content (AvgIpc) is 2.81. The number of hydrogen-bond donors (Lipinski definition) is 1. The third kappa shape index (κ3) is 6.12. The first-order valence-electron chi connectivity index (χ1n) is 5.91. The van der Waals surface area contributed by atoms with Crippen molar-refractivity contribution in [2.75, 3.05) is 5.75 Å². The van der Waals surface area contributed by atoms with Crippen LogP contribution < -0.4 is 5.32 Å². The van der Waals surface area contributed by atoms with Crippen molar-refractivity contribution in [1.82, 2.24) is 5.32 Å². The van der Waals surface area contributed by atoms with Crippen molar-refractivity contribution in [2.24, 2.45) is 4.99 Å². The molecule has 1 heterocycles. The first kappa shape index (κ1) is 15.7. The lowest BCUT2D eigenvalue weighted by atomic mass is 10.3. The highest BCUT2D eigenvalue weighted by molar-refractivity contribution is 8.15. The Balaban J connectivity index is 0.000000581. The summed E-state index contributed by atoms with van der Waals surface area (Å²) in [5.74, 6) is 0.505. The van der Waals surface area contributed by atoms with Gasteiger partial charge in [-0.1, -0.05) is 57.7 Å². The van der Waals surface area contributed by atoms with Gasteiger partial charge in [0.2, 0.25) is 5.91 Å². The number of hydrogen-bond acceptors (Lipinski definition) is 3. The molecule has 1 amide bonds. The molecule has 0 atom stereocenters. The Morgan fingerprint density at radius 1 is 1.12 bits per heavy atom. The normalized spacial score (nSPS) is 15.3. The van der Waals surface area contributed by atoms with Crippen molar-refractivity contribution in [1.29, 1.82) is 0 Å². The van der Waals surface area contributed by atoms with E-state index in [1.807, 2.05) is 58.0 Å². The fourth-order valence-electron chi connectivity index (χ4n) is 1.01. The van der Waals surface area contributed by atoms with Crippen molar-refractivity contribution >= 4 is 28.5 Å². The van der Waals surface area contributed by atoms with E-state index in [0.29, 0.717) is 10.9 Å². The van der Waals surface area contributed by atoms with E-state index in [1.54, 1.807) is 0 Å². The van der Waals surface area contributed by atoms with Crippen molar-refractivity contribution < 1.29 is 4.79 Å². The lowest BCUT2D eigenvalue weighted by Crippen LogP contribution is -2.19. The molecule has 0 aromatic heterocycles. The molecule has 4 heteroatoms. The zero-order chi connectivity index (χ0) is 13.1. The van der Waals surface area contributed by atoms with Crippen molar-refractivity contribution in [3.05, 3.63) is 30.3 Å². The minimum absolute atomic E-state index is 0.0275. The number of aliphatic imine (C=N–C) groups is 1. The highest BCUT2D eigenvalue weighted by Gasteiger charge is 2.15. The molecule has 1 fully saturated rings. The smallest absolute Gasteiger partial charge is 0.236 e. The van der Waals surface area contributed by atoms with Crippen LogP contribution in [0, 0.1) is 0 Å². The predicted molar refractivity (Wildman–Crippen MR) is 76.8 cm³/mol. The molecule has 17 heavy (non-hydrogen) atoms. The maximum atomic E-state index is 10.8. The Morgan fingerprint density at radius 2 is 1.71 bits per heavy atom. The lowest BCUT2D eigenvalue weighted by Gasteiger charge is -1.94. The maximum absolute atomic E-state index is 10.8. The van der Waals surface area contributed by atoms with Gasteiger partial charge in [0, 0.05) is 0 Å². The third-order valence-corrected chi connectivity index (χ3v) is 2.45. The number of carbonyl (C=O) groups is 1. The summed E-state index contributed by atoms with van der Waals surface area (Å²) in [6, 6.07) is 9.57. The van der Waals surface area contributed by atoms with Gasteiger partial charge in [-0.15, -0.1) is 0 Å². The van der Waals surface area contributed by atoms with Crippen LogP contribution in [0.4, 0.5) is 5.69 Å². The number of amides is 1. The second-order valence-corrected chi connectivity index (χ2v) is 3.55. The topological polar surface area (TPSA) is 41.5 Å². The van der Waals surface area contributed by atoms with Crippen LogP contribution in [0.5, 0.6) is 0 Å². The number of thioether (sulfide) groups is 1. The van der Waals surface area contributed by atoms with Crippen molar-refractivity contribution in [3.8, 4) is 0 Å². The molecule has 1 aliphatic heterocycles. The van der Waals surface area contributed by atoms with Crippen molar-refractivity contribution in [3.63, 3.8) is 0 Å². The van der Waals surface area contributed by atoms with Crippen LogP contribution in [-0.2, 0) is 4.79 Å². The zero-order valence-corrected chi connectivity index (χ0v) is 11.7.